The molecule has 1 saturated heterocycles. The van der Waals surface area contributed by atoms with E-state index in [9.17, 15) is 0 Å². The first-order valence-corrected chi connectivity index (χ1v) is 9.88. The van der Waals surface area contributed by atoms with Crippen LogP contribution in [0.2, 0.25) is 0 Å². The van der Waals surface area contributed by atoms with Crippen LogP contribution in [0.5, 0.6) is 0 Å². The van der Waals surface area contributed by atoms with E-state index >= 15 is 0 Å². The summed E-state index contributed by atoms with van der Waals surface area (Å²) in [5.41, 5.74) is 5.95. The Balaban J connectivity index is 1.76. The molecule has 0 bridgehead atoms. The second-order valence-corrected chi connectivity index (χ2v) is 7.48. The van der Waals surface area contributed by atoms with E-state index in [2.05, 4.69) is 49.6 Å². The number of thioether (sulfide) groups is 1. The Hall–Kier alpha value is -1.80. The number of piperidine rings is 1. The molecule has 7 nitrogen and oxygen atoms in total. The number of hydrogen-bond donors (Lipinski definition) is 1. The number of anilines is 2. The van der Waals surface area contributed by atoms with Gasteiger partial charge in [-0.1, -0.05) is 11.8 Å². The van der Waals surface area contributed by atoms with Gasteiger partial charge in [-0.2, -0.15) is 0 Å². The Labute approximate surface area is 153 Å². The molecule has 0 radical (unpaired) electrons. The predicted octanol–water partition coefficient (Wildman–Crippen LogP) is 1.92. The number of imidazole rings is 1. The minimum atomic E-state index is 0.417. The van der Waals surface area contributed by atoms with Gasteiger partial charge in [-0.15, -0.1) is 0 Å². The van der Waals surface area contributed by atoms with Gasteiger partial charge in [0.2, 0.25) is 0 Å². The number of likely N-dealkylation sites (N-methyl/N-ethyl adjacent to an activating group) is 1. The Kier molecular flexibility index (Phi) is 5.80. The summed E-state index contributed by atoms with van der Waals surface area (Å²) in [6.45, 7) is 3.90. The highest BCUT2D eigenvalue weighted by molar-refractivity contribution is 7.98. The lowest BCUT2D eigenvalue weighted by atomic mass is 9.97. The molecule has 2 aromatic heterocycles. The fourth-order valence-corrected chi connectivity index (χ4v) is 3.64. The highest BCUT2D eigenvalue weighted by Gasteiger charge is 2.26. The van der Waals surface area contributed by atoms with E-state index in [0.29, 0.717) is 11.7 Å². The maximum atomic E-state index is 5.95. The average Bonchev–Trinajstić information content (AvgIpc) is 3.08. The van der Waals surface area contributed by atoms with Crippen LogP contribution in [0.4, 0.5) is 11.6 Å². The van der Waals surface area contributed by atoms with Crippen molar-refractivity contribution >= 4 is 23.4 Å². The van der Waals surface area contributed by atoms with Crippen molar-refractivity contribution in [3.8, 4) is 0 Å². The van der Waals surface area contributed by atoms with Crippen LogP contribution in [0.3, 0.4) is 0 Å². The van der Waals surface area contributed by atoms with Crippen molar-refractivity contribution in [1.82, 2.24) is 24.4 Å². The van der Waals surface area contributed by atoms with Gasteiger partial charge in [0.25, 0.3) is 0 Å². The molecule has 0 spiro atoms. The summed E-state index contributed by atoms with van der Waals surface area (Å²) in [4.78, 5) is 18.1. The smallest absolute Gasteiger partial charge is 0.191 e. The van der Waals surface area contributed by atoms with Crippen molar-refractivity contribution in [3.05, 3.63) is 24.3 Å². The van der Waals surface area contributed by atoms with Crippen LogP contribution >= 0.6 is 11.8 Å². The molecule has 1 aliphatic rings. The van der Waals surface area contributed by atoms with E-state index in [1.54, 1.807) is 0 Å². The van der Waals surface area contributed by atoms with Crippen molar-refractivity contribution < 1.29 is 0 Å². The molecule has 0 aromatic carbocycles. The summed E-state index contributed by atoms with van der Waals surface area (Å²) in [5, 5.41) is 0.726. The van der Waals surface area contributed by atoms with Gasteiger partial charge in [-0.3, -0.25) is 0 Å². The van der Waals surface area contributed by atoms with E-state index < -0.39 is 0 Å². The Morgan fingerprint density at radius 3 is 2.96 bits per heavy atom. The third-order valence-electron chi connectivity index (χ3n) is 4.54. The normalized spacial score (nSPS) is 18.1. The summed E-state index contributed by atoms with van der Waals surface area (Å²) in [7, 11) is 4.20. The second kappa shape index (κ2) is 8.05. The molecule has 3 rings (SSSR count). The highest BCUT2D eigenvalue weighted by atomic mass is 32.2. The van der Waals surface area contributed by atoms with Crippen molar-refractivity contribution in [1.29, 1.82) is 0 Å². The molecular formula is C17H27N7S. The van der Waals surface area contributed by atoms with Gasteiger partial charge in [0, 0.05) is 50.6 Å². The van der Waals surface area contributed by atoms with Crippen LogP contribution in [-0.4, -0.2) is 64.4 Å². The number of nitrogen functional groups attached to an aromatic ring is 1. The highest BCUT2D eigenvalue weighted by Crippen LogP contribution is 2.29. The lowest BCUT2D eigenvalue weighted by Gasteiger charge is -2.33. The topological polar surface area (TPSA) is 76.1 Å². The first-order valence-electron chi connectivity index (χ1n) is 8.66. The van der Waals surface area contributed by atoms with E-state index in [1.807, 2.05) is 18.5 Å². The Morgan fingerprint density at radius 2 is 2.20 bits per heavy atom. The van der Waals surface area contributed by atoms with Crippen LogP contribution in [-0.2, 0) is 6.54 Å². The number of nitrogens with zero attached hydrogens (tertiary/aromatic N) is 6. The second-order valence-electron chi connectivity index (χ2n) is 6.70. The molecule has 2 aromatic rings. The molecular weight excluding hydrogens is 334 g/mol. The molecule has 25 heavy (non-hydrogen) atoms. The standard InChI is InChI=1S/C17H27N7S/c1-22(2)9-10-23-8-6-19-16(23)13-5-4-7-24(12-13)15-11-14(18)20-17(21-15)25-3/h6,8,11,13H,4-5,7,9-10,12H2,1-3H3,(H2,18,20,21)/t13-/m0/s1. The maximum absolute atomic E-state index is 5.95. The molecule has 2 N–H and O–H groups in total. The maximum Gasteiger partial charge on any atom is 0.191 e. The van der Waals surface area contributed by atoms with E-state index in [4.69, 9.17) is 5.73 Å². The third kappa shape index (κ3) is 4.43. The van der Waals surface area contributed by atoms with Gasteiger partial charge < -0.3 is 20.1 Å². The summed E-state index contributed by atoms with van der Waals surface area (Å²) < 4.78 is 2.29. The van der Waals surface area contributed by atoms with Gasteiger partial charge in [0.1, 0.15) is 17.5 Å². The van der Waals surface area contributed by atoms with Gasteiger partial charge >= 0.3 is 0 Å². The number of rotatable bonds is 6. The largest absolute Gasteiger partial charge is 0.383 e. The van der Waals surface area contributed by atoms with Crippen LogP contribution in [0.1, 0.15) is 24.6 Å². The van der Waals surface area contributed by atoms with Gasteiger partial charge in [-0.05, 0) is 33.2 Å². The summed E-state index contributed by atoms with van der Waals surface area (Å²) >= 11 is 1.52. The summed E-state index contributed by atoms with van der Waals surface area (Å²) in [6.07, 6.45) is 8.26. The van der Waals surface area contributed by atoms with Crippen LogP contribution < -0.4 is 10.6 Å². The van der Waals surface area contributed by atoms with E-state index in [-0.39, 0.29) is 0 Å². The number of hydrogen-bond acceptors (Lipinski definition) is 7. The first kappa shape index (κ1) is 18.0. The van der Waals surface area contributed by atoms with Gasteiger partial charge in [0.15, 0.2) is 5.16 Å². The predicted molar refractivity (Wildman–Crippen MR) is 103 cm³/mol. The quantitative estimate of drug-likeness (QED) is 0.622. The van der Waals surface area contributed by atoms with E-state index in [0.717, 1.165) is 50.0 Å². The average molecular weight is 362 g/mol. The zero-order chi connectivity index (χ0) is 17.8. The SMILES string of the molecule is CSc1nc(N)cc(N2CCC[C@H](c3nccn3CCN(C)C)C2)n1. The fraction of sp³-hybridized carbons (Fsp3) is 0.588. The molecule has 0 amide bonds. The van der Waals surface area contributed by atoms with Crippen molar-refractivity contribution in [2.75, 3.05) is 50.6 Å². The van der Waals surface area contributed by atoms with Crippen molar-refractivity contribution in [3.63, 3.8) is 0 Å². The summed E-state index contributed by atoms with van der Waals surface area (Å²) in [5.74, 6) is 3.05. The van der Waals surface area contributed by atoms with Crippen LogP contribution in [0, 0.1) is 0 Å². The van der Waals surface area contributed by atoms with Gasteiger partial charge in [0.05, 0.1) is 0 Å². The first-order chi connectivity index (χ1) is 12.1. The molecule has 0 unspecified atom stereocenters. The molecule has 3 heterocycles. The van der Waals surface area contributed by atoms with E-state index in [1.165, 1.54) is 17.6 Å². The Morgan fingerprint density at radius 1 is 1.36 bits per heavy atom. The lowest BCUT2D eigenvalue weighted by Crippen LogP contribution is -2.36. The molecule has 1 atom stereocenters. The molecule has 1 aliphatic heterocycles. The zero-order valence-corrected chi connectivity index (χ0v) is 16.0. The fourth-order valence-electron chi connectivity index (χ4n) is 3.26. The molecule has 136 valence electrons. The molecule has 8 heteroatoms. The Bertz CT molecular complexity index is 700. The lowest BCUT2D eigenvalue weighted by molar-refractivity contribution is 0.373. The number of nitrogens with two attached hydrogens (primary N) is 1. The van der Waals surface area contributed by atoms with Crippen LogP contribution in [0.25, 0.3) is 0 Å². The monoisotopic (exact) mass is 361 g/mol. The van der Waals surface area contributed by atoms with Crippen LogP contribution in [0.15, 0.2) is 23.6 Å². The summed E-state index contributed by atoms with van der Waals surface area (Å²) in [6, 6.07) is 1.88. The molecule has 0 aliphatic carbocycles. The number of aromatic nitrogens is 4. The van der Waals surface area contributed by atoms with Gasteiger partial charge in [-0.25, -0.2) is 15.0 Å². The molecule has 0 saturated carbocycles. The third-order valence-corrected chi connectivity index (χ3v) is 5.09. The van der Waals surface area contributed by atoms with Crippen molar-refractivity contribution in [2.24, 2.45) is 0 Å². The van der Waals surface area contributed by atoms with Crippen molar-refractivity contribution in [2.45, 2.75) is 30.5 Å². The zero-order valence-electron chi connectivity index (χ0n) is 15.2. The molecule has 1 fully saturated rings. The minimum Gasteiger partial charge on any atom is -0.383 e. The minimum absolute atomic E-state index is 0.417.